The van der Waals surface area contributed by atoms with Crippen molar-refractivity contribution in [2.45, 2.75) is 78.8 Å². The van der Waals surface area contributed by atoms with Crippen molar-refractivity contribution >= 4 is 11.8 Å². The normalized spacial score (nSPS) is 22.1. The second kappa shape index (κ2) is 7.28. The monoisotopic (exact) mass is 296 g/mol. The summed E-state index contributed by atoms with van der Waals surface area (Å²) in [5.41, 5.74) is -0.653. The number of hydrogen-bond acceptors (Lipinski definition) is 2. The summed E-state index contributed by atoms with van der Waals surface area (Å²) in [5.74, 6) is 0.866. The van der Waals surface area contributed by atoms with Crippen LogP contribution in [0.4, 0.5) is 0 Å². The van der Waals surface area contributed by atoms with Gasteiger partial charge in [0.1, 0.15) is 11.6 Å². The van der Waals surface area contributed by atoms with Crippen LogP contribution in [0.15, 0.2) is 0 Å². The van der Waals surface area contributed by atoms with Gasteiger partial charge in [0.25, 0.3) is 0 Å². The zero-order chi connectivity index (χ0) is 16.2. The first-order chi connectivity index (χ1) is 9.80. The van der Waals surface area contributed by atoms with Crippen LogP contribution < -0.4 is 5.32 Å². The summed E-state index contributed by atoms with van der Waals surface area (Å²) in [6.07, 6.45) is 3.39. The van der Waals surface area contributed by atoms with Crippen LogP contribution >= 0.6 is 0 Å². The van der Waals surface area contributed by atoms with Crippen molar-refractivity contribution in [3.63, 3.8) is 0 Å². The first-order valence-corrected chi connectivity index (χ1v) is 8.42. The van der Waals surface area contributed by atoms with Gasteiger partial charge in [0.15, 0.2) is 0 Å². The number of piperazine rings is 1. The fourth-order valence-electron chi connectivity index (χ4n) is 3.23. The Hall–Kier alpha value is -1.06. The number of hydrogen-bond donors (Lipinski definition) is 1. The summed E-state index contributed by atoms with van der Waals surface area (Å²) in [4.78, 5) is 27.3. The molecular weight excluding hydrogens is 264 g/mol. The molecule has 0 aromatic rings. The van der Waals surface area contributed by atoms with E-state index in [9.17, 15) is 9.59 Å². The Morgan fingerprint density at radius 3 is 2.14 bits per heavy atom. The van der Waals surface area contributed by atoms with E-state index >= 15 is 0 Å². The second-order valence-electron chi connectivity index (χ2n) is 6.96. The van der Waals surface area contributed by atoms with E-state index in [2.05, 4.69) is 19.2 Å². The van der Waals surface area contributed by atoms with Gasteiger partial charge in [0.05, 0.1) is 0 Å². The molecular formula is C17H32N2O2. The molecule has 0 aromatic heterocycles. The van der Waals surface area contributed by atoms with E-state index in [0.717, 1.165) is 12.8 Å². The zero-order valence-corrected chi connectivity index (χ0v) is 14.5. The number of rotatable bonds is 7. The quantitative estimate of drug-likeness (QED) is 0.785. The van der Waals surface area contributed by atoms with E-state index in [4.69, 9.17) is 0 Å². The van der Waals surface area contributed by atoms with E-state index in [0.29, 0.717) is 25.3 Å². The molecule has 1 rings (SSSR count). The molecule has 4 heteroatoms. The minimum absolute atomic E-state index is 0.0235. The van der Waals surface area contributed by atoms with Crippen LogP contribution in [0.25, 0.3) is 0 Å². The van der Waals surface area contributed by atoms with Crippen molar-refractivity contribution in [2.75, 3.05) is 6.54 Å². The van der Waals surface area contributed by atoms with Gasteiger partial charge in [-0.2, -0.15) is 0 Å². The molecule has 2 amide bonds. The lowest BCUT2D eigenvalue weighted by Gasteiger charge is -2.48. The zero-order valence-electron chi connectivity index (χ0n) is 14.5. The highest BCUT2D eigenvalue weighted by Gasteiger charge is 2.50. The van der Waals surface area contributed by atoms with E-state index in [1.165, 1.54) is 0 Å². The van der Waals surface area contributed by atoms with Gasteiger partial charge in [-0.15, -0.1) is 0 Å². The van der Waals surface area contributed by atoms with Gasteiger partial charge in [-0.3, -0.25) is 9.59 Å². The van der Waals surface area contributed by atoms with Crippen molar-refractivity contribution < 1.29 is 9.59 Å². The molecule has 1 saturated heterocycles. The summed E-state index contributed by atoms with van der Waals surface area (Å²) in [6, 6.07) is -0.372. The number of amides is 2. The average molecular weight is 296 g/mol. The van der Waals surface area contributed by atoms with Crippen LogP contribution in [-0.2, 0) is 9.59 Å². The number of carbonyl (C=O) groups is 2. The number of nitrogens with zero attached hydrogens (tertiary/aromatic N) is 1. The van der Waals surface area contributed by atoms with Crippen molar-refractivity contribution in [1.29, 1.82) is 0 Å². The fraction of sp³-hybridized carbons (Fsp3) is 0.882. The van der Waals surface area contributed by atoms with E-state index in [1.54, 1.807) is 0 Å². The Morgan fingerprint density at radius 2 is 1.71 bits per heavy atom. The van der Waals surface area contributed by atoms with Gasteiger partial charge >= 0.3 is 0 Å². The summed E-state index contributed by atoms with van der Waals surface area (Å²) in [7, 11) is 0. The third-order valence-corrected chi connectivity index (χ3v) is 4.76. The Kier molecular flexibility index (Phi) is 6.24. The number of carbonyl (C=O) groups excluding carboxylic acids is 2. The largest absolute Gasteiger partial charge is 0.342 e. The summed E-state index contributed by atoms with van der Waals surface area (Å²) in [6.45, 7) is 13.0. The number of nitrogens with one attached hydrogen (secondary N) is 1. The summed E-state index contributed by atoms with van der Waals surface area (Å²) in [5, 5.41) is 2.96. The standard InChI is InChI=1S/C17H32N2O2/c1-7-17(8-2)16(21)18-14(13(5)6)15(20)19(17)11-9-10-12(3)4/h12-14H,7-11H2,1-6H3,(H,18,21). The molecule has 0 radical (unpaired) electrons. The van der Waals surface area contributed by atoms with Crippen molar-refractivity contribution in [3.05, 3.63) is 0 Å². The SMILES string of the molecule is CCC1(CC)C(=O)NC(C(C)C)C(=O)N1CCCC(C)C. The van der Waals surface area contributed by atoms with Crippen molar-refractivity contribution in [1.82, 2.24) is 10.2 Å². The highest BCUT2D eigenvalue weighted by Crippen LogP contribution is 2.31. The molecule has 1 aliphatic heterocycles. The maximum atomic E-state index is 12.8. The average Bonchev–Trinajstić information content (AvgIpc) is 2.42. The maximum Gasteiger partial charge on any atom is 0.246 e. The molecule has 21 heavy (non-hydrogen) atoms. The molecule has 0 bridgehead atoms. The van der Waals surface area contributed by atoms with Crippen molar-refractivity contribution in [2.24, 2.45) is 11.8 Å². The first-order valence-electron chi connectivity index (χ1n) is 8.42. The smallest absolute Gasteiger partial charge is 0.246 e. The molecule has 0 aliphatic carbocycles. The van der Waals surface area contributed by atoms with E-state index < -0.39 is 5.54 Å². The van der Waals surface area contributed by atoms with Gasteiger partial charge in [0, 0.05) is 6.54 Å². The lowest BCUT2D eigenvalue weighted by Crippen LogP contribution is -2.71. The minimum atomic E-state index is -0.653. The van der Waals surface area contributed by atoms with Crippen LogP contribution in [0.2, 0.25) is 0 Å². The molecule has 0 aromatic carbocycles. The molecule has 1 fully saturated rings. The van der Waals surface area contributed by atoms with Gasteiger partial charge in [-0.1, -0.05) is 41.5 Å². The van der Waals surface area contributed by atoms with Crippen LogP contribution in [0, 0.1) is 11.8 Å². The minimum Gasteiger partial charge on any atom is -0.342 e. The molecule has 1 unspecified atom stereocenters. The topological polar surface area (TPSA) is 49.4 Å². The Bertz CT molecular complexity index is 373. The van der Waals surface area contributed by atoms with Gasteiger partial charge in [-0.25, -0.2) is 0 Å². The molecule has 1 aliphatic rings. The lowest BCUT2D eigenvalue weighted by molar-refractivity contribution is -0.159. The third-order valence-electron chi connectivity index (χ3n) is 4.76. The summed E-state index contributed by atoms with van der Waals surface area (Å²) < 4.78 is 0. The summed E-state index contributed by atoms with van der Waals surface area (Å²) >= 11 is 0. The Balaban J connectivity index is 3.00. The van der Waals surface area contributed by atoms with Crippen LogP contribution in [0.5, 0.6) is 0 Å². The second-order valence-corrected chi connectivity index (χ2v) is 6.96. The maximum absolute atomic E-state index is 12.8. The molecule has 0 saturated carbocycles. The third kappa shape index (κ3) is 3.58. The van der Waals surface area contributed by atoms with E-state index in [-0.39, 0.29) is 23.8 Å². The molecule has 1 heterocycles. The lowest BCUT2D eigenvalue weighted by atomic mass is 9.83. The van der Waals surface area contributed by atoms with Gasteiger partial charge < -0.3 is 10.2 Å². The molecule has 0 spiro atoms. The highest BCUT2D eigenvalue weighted by molar-refractivity contribution is 5.99. The predicted molar refractivity (Wildman–Crippen MR) is 85.9 cm³/mol. The molecule has 4 nitrogen and oxygen atoms in total. The van der Waals surface area contributed by atoms with Gasteiger partial charge in [0.2, 0.25) is 11.8 Å². The van der Waals surface area contributed by atoms with E-state index in [1.807, 2.05) is 32.6 Å². The predicted octanol–water partition coefficient (Wildman–Crippen LogP) is 2.96. The Morgan fingerprint density at radius 1 is 1.14 bits per heavy atom. The van der Waals surface area contributed by atoms with Gasteiger partial charge in [-0.05, 0) is 37.5 Å². The highest BCUT2D eigenvalue weighted by atomic mass is 16.2. The molecule has 1 N–H and O–H groups in total. The van der Waals surface area contributed by atoms with Crippen LogP contribution in [0.1, 0.15) is 67.2 Å². The van der Waals surface area contributed by atoms with Crippen LogP contribution in [0.3, 0.4) is 0 Å². The molecule has 1 atom stereocenters. The first kappa shape index (κ1) is 18.0. The fourth-order valence-corrected chi connectivity index (χ4v) is 3.23. The Labute approximate surface area is 129 Å². The molecule has 122 valence electrons. The van der Waals surface area contributed by atoms with Crippen molar-refractivity contribution in [3.8, 4) is 0 Å². The van der Waals surface area contributed by atoms with Crippen LogP contribution in [-0.4, -0.2) is 34.8 Å².